The summed E-state index contributed by atoms with van der Waals surface area (Å²) in [6, 6.07) is 7.89. The molecule has 0 heterocycles. The minimum atomic E-state index is -0.481. The van der Waals surface area contributed by atoms with Gasteiger partial charge in [-0.25, -0.2) is 0 Å². The van der Waals surface area contributed by atoms with E-state index in [4.69, 9.17) is 10.5 Å². The molecule has 3 N–H and O–H groups in total. The minimum Gasteiger partial charge on any atom is -0.491 e. The van der Waals surface area contributed by atoms with Crippen molar-refractivity contribution in [2.75, 3.05) is 25.9 Å². The molecule has 3 unspecified atom stereocenters. The summed E-state index contributed by atoms with van der Waals surface area (Å²) in [6.07, 6.45) is 4.69. The SMILES string of the molecule is CC1CCCCC1N(C)CC(O)COc1cccc(N)c1. The van der Waals surface area contributed by atoms with Crippen LogP contribution in [-0.2, 0) is 0 Å². The van der Waals surface area contributed by atoms with E-state index < -0.39 is 6.10 Å². The topological polar surface area (TPSA) is 58.7 Å². The van der Waals surface area contributed by atoms with E-state index in [1.54, 1.807) is 6.07 Å². The summed E-state index contributed by atoms with van der Waals surface area (Å²) < 4.78 is 5.61. The Morgan fingerprint density at radius 1 is 1.38 bits per heavy atom. The Hall–Kier alpha value is -1.26. The zero-order valence-electron chi connectivity index (χ0n) is 13.2. The van der Waals surface area contributed by atoms with Crippen LogP contribution in [0.3, 0.4) is 0 Å². The van der Waals surface area contributed by atoms with Gasteiger partial charge in [0, 0.05) is 24.3 Å². The standard InChI is InChI=1S/C17H28N2O2/c1-13-6-3-4-9-17(13)19(2)11-15(20)12-21-16-8-5-7-14(18)10-16/h5,7-8,10,13,15,17,20H,3-4,6,9,11-12,18H2,1-2H3. The van der Waals surface area contributed by atoms with Crippen molar-refractivity contribution in [2.24, 2.45) is 5.92 Å². The molecule has 0 spiro atoms. The number of hydrogen-bond acceptors (Lipinski definition) is 4. The number of nitrogen functional groups attached to an aromatic ring is 1. The smallest absolute Gasteiger partial charge is 0.121 e. The summed E-state index contributed by atoms with van der Waals surface area (Å²) in [5.41, 5.74) is 6.38. The van der Waals surface area contributed by atoms with Gasteiger partial charge in [-0.1, -0.05) is 25.8 Å². The van der Waals surface area contributed by atoms with Gasteiger partial charge in [-0.15, -0.1) is 0 Å². The quantitative estimate of drug-likeness (QED) is 0.791. The summed E-state index contributed by atoms with van der Waals surface area (Å²) in [5, 5.41) is 10.2. The van der Waals surface area contributed by atoms with Gasteiger partial charge in [0.2, 0.25) is 0 Å². The monoisotopic (exact) mass is 292 g/mol. The van der Waals surface area contributed by atoms with E-state index in [1.165, 1.54) is 25.7 Å². The first-order valence-corrected chi connectivity index (χ1v) is 7.93. The van der Waals surface area contributed by atoms with Crippen LogP contribution in [0.15, 0.2) is 24.3 Å². The second-order valence-electron chi connectivity index (χ2n) is 6.31. The lowest BCUT2D eigenvalue weighted by atomic mass is 9.85. The fraction of sp³-hybridized carbons (Fsp3) is 0.647. The highest BCUT2D eigenvalue weighted by atomic mass is 16.5. The fourth-order valence-corrected chi connectivity index (χ4v) is 3.27. The third-order valence-corrected chi connectivity index (χ3v) is 4.43. The average Bonchev–Trinajstić information content (AvgIpc) is 2.45. The van der Waals surface area contributed by atoms with Crippen molar-refractivity contribution >= 4 is 5.69 Å². The Balaban J connectivity index is 1.77. The first-order chi connectivity index (χ1) is 10.1. The molecule has 1 aliphatic rings. The van der Waals surface area contributed by atoms with Crippen LogP contribution >= 0.6 is 0 Å². The number of nitrogens with zero attached hydrogens (tertiary/aromatic N) is 1. The maximum absolute atomic E-state index is 10.2. The highest BCUT2D eigenvalue weighted by Crippen LogP contribution is 2.27. The van der Waals surface area contributed by atoms with Crippen molar-refractivity contribution in [1.29, 1.82) is 0 Å². The molecule has 3 atom stereocenters. The summed E-state index contributed by atoms with van der Waals surface area (Å²) in [4.78, 5) is 2.29. The largest absolute Gasteiger partial charge is 0.491 e. The molecule has 1 aromatic rings. The molecule has 0 radical (unpaired) electrons. The first-order valence-electron chi connectivity index (χ1n) is 7.93. The van der Waals surface area contributed by atoms with Crippen molar-refractivity contribution in [2.45, 2.75) is 44.8 Å². The Morgan fingerprint density at radius 2 is 2.14 bits per heavy atom. The highest BCUT2D eigenvalue weighted by molar-refractivity contribution is 5.43. The maximum atomic E-state index is 10.2. The van der Waals surface area contributed by atoms with E-state index in [0.717, 1.165) is 0 Å². The van der Waals surface area contributed by atoms with Gasteiger partial charge in [0.05, 0.1) is 0 Å². The Morgan fingerprint density at radius 3 is 2.86 bits per heavy atom. The molecule has 1 aliphatic carbocycles. The number of aliphatic hydroxyl groups excluding tert-OH is 1. The van der Waals surface area contributed by atoms with Crippen LogP contribution in [-0.4, -0.2) is 42.4 Å². The van der Waals surface area contributed by atoms with Crippen LogP contribution < -0.4 is 10.5 Å². The third kappa shape index (κ3) is 4.90. The summed E-state index contributed by atoms with van der Waals surface area (Å²) in [7, 11) is 2.11. The maximum Gasteiger partial charge on any atom is 0.121 e. The van der Waals surface area contributed by atoms with Crippen molar-refractivity contribution in [3.8, 4) is 5.75 Å². The van der Waals surface area contributed by atoms with Gasteiger partial charge in [-0.2, -0.15) is 0 Å². The summed E-state index contributed by atoms with van der Waals surface area (Å²) in [5.74, 6) is 1.42. The molecule has 0 aliphatic heterocycles. The van der Waals surface area contributed by atoms with E-state index in [0.29, 0.717) is 36.5 Å². The zero-order chi connectivity index (χ0) is 15.2. The second kappa shape index (κ2) is 7.66. The lowest BCUT2D eigenvalue weighted by Gasteiger charge is -2.37. The molecule has 118 valence electrons. The minimum absolute atomic E-state index is 0.300. The van der Waals surface area contributed by atoms with Gasteiger partial charge in [-0.3, -0.25) is 0 Å². The van der Waals surface area contributed by atoms with E-state index >= 15 is 0 Å². The summed E-state index contributed by atoms with van der Waals surface area (Å²) >= 11 is 0. The molecular formula is C17H28N2O2. The zero-order valence-corrected chi connectivity index (χ0v) is 13.2. The number of benzene rings is 1. The number of ether oxygens (including phenoxy) is 1. The van der Waals surface area contributed by atoms with Gasteiger partial charge >= 0.3 is 0 Å². The van der Waals surface area contributed by atoms with Crippen LogP contribution in [0.4, 0.5) is 5.69 Å². The third-order valence-electron chi connectivity index (χ3n) is 4.43. The van der Waals surface area contributed by atoms with Crippen molar-refractivity contribution in [1.82, 2.24) is 4.90 Å². The molecule has 0 bridgehead atoms. The Bertz CT molecular complexity index is 439. The van der Waals surface area contributed by atoms with Crippen molar-refractivity contribution in [3.63, 3.8) is 0 Å². The molecule has 0 saturated heterocycles. The molecule has 1 fully saturated rings. The highest BCUT2D eigenvalue weighted by Gasteiger charge is 2.26. The molecule has 4 heteroatoms. The van der Waals surface area contributed by atoms with E-state index in [1.807, 2.05) is 18.2 Å². The summed E-state index contributed by atoms with van der Waals surface area (Å²) in [6.45, 7) is 3.27. The van der Waals surface area contributed by atoms with Crippen LogP contribution in [0.1, 0.15) is 32.6 Å². The molecule has 2 rings (SSSR count). The average molecular weight is 292 g/mol. The van der Waals surface area contributed by atoms with Crippen LogP contribution in [0.2, 0.25) is 0 Å². The predicted octanol–water partition coefficient (Wildman–Crippen LogP) is 2.52. The number of likely N-dealkylation sites (N-methyl/N-ethyl adjacent to an activating group) is 1. The van der Waals surface area contributed by atoms with E-state index in [-0.39, 0.29) is 0 Å². The van der Waals surface area contributed by atoms with E-state index in [9.17, 15) is 5.11 Å². The van der Waals surface area contributed by atoms with Crippen LogP contribution in [0.25, 0.3) is 0 Å². The predicted molar refractivity (Wildman–Crippen MR) is 86.4 cm³/mol. The molecule has 4 nitrogen and oxygen atoms in total. The van der Waals surface area contributed by atoms with Crippen molar-refractivity contribution < 1.29 is 9.84 Å². The lowest BCUT2D eigenvalue weighted by Crippen LogP contribution is -2.44. The number of nitrogens with two attached hydrogens (primary N) is 1. The van der Waals surface area contributed by atoms with Gasteiger partial charge in [0.15, 0.2) is 0 Å². The first kappa shape index (κ1) is 16.1. The Kier molecular flexibility index (Phi) is 5.88. The van der Waals surface area contributed by atoms with Crippen LogP contribution in [0.5, 0.6) is 5.75 Å². The molecule has 1 aromatic carbocycles. The number of rotatable bonds is 6. The molecule has 1 saturated carbocycles. The van der Waals surface area contributed by atoms with Gasteiger partial charge in [0.25, 0.3) is 0 Å². The lowest BCUT2D eigenvalue weighted by molar-refractivity contribution is 0.0440. The number of hydrogen-bond donors (Lipinski definition) is 2. The normalized spacial score (nSPS) is 24.0. The molecular weight excluding hydrogens is 264 g/mol. The van der Waals surface area contributed by atoms with E-state index in [2.05, 4.69) is 18.9 Å². The number of aliphatic hydroxyl groups is 1. The van der Waals surface area contributed by atoms with Gasteiger partial charge in [-0.05, 0) is 37.9 Å². The fourth-order valence-electron chi connectivity index (χ4n) is 3.27. The number of anilines is 1. The van der Waals surface area contributed by atoms with Crippen LogP contribution in [0, 0.1) is 5.92 Å². The molecule has 0 amide bonds. The van der Waals surface area contributed by atoms with Gasteiger partial charge < -0.3 is 20.5 Å². The van der Waals surface area contributed by atoms with Crippen molar-refractivity contribution in [3.05, 3.63) is 24.3 Å². The Labute approximate surface area is 127 Å². The molecule has 21 heavy (non-hydrogen) atoms. The second-order valence-corrected chi connectivity index (χ2v) is 6.31. The molecule has 0 aromatic heterocycles. The van der Waals surface area contributed by atoms with Gasteiger partial charge in [0.1, 0.15) is 18.5 Å².